The highest BCUT2D eigenvalue weighted by Crippen LogP contribution is 2.03. The third-order valence-corrected chi connectivity index (χ3v) is 3.50. The zero-order valence-corrected chi connectivity index (χ0v) is 14.3. The molecular formula is C16H34N4O2. The number of nitrogens with one attached hydrogen (secondary N) is 2. The van der Waals surface area contributed by atoms with Crippen LogP contribution in [0.15, 0.2) is 9.98 Å². The van der Waals surface area contributed by atoms with Crippen molar-refractivity contribution in [3.8, 4) is 0 Å². The highest BCUT2D eigenvalue weighted by atomic mass is 16.5. The summed E-state index contributed by atoms with van der Waals surface area (Å²) in [7, 11) is 0. The van der Waals surface area contributed by atoms with Crippen molar-refractivity contribution in [2.45, 2.75) is 78.1 Å². The van der Waals surface area contributed by atoms with Crippen LogP contribution in [0.2, 0.25) is 0 Å². The Kier molecular flexibility index (Phi) is 15.4. The molecule has 0 fully saturated rings. The van der Waals surface area contributed by atoms with Gasteiger partial charge in [0.15, 0.2) is 11.7 Å². The molecule has 0 saturated carbocycles. The van der Waals surface area contributed by atoms with Gasteiger partial charge in [-0.25, -0.2) is 11.0 Å². The number of hydrogen-bond acceptors (Lipinski definition) is 4. The third-order valence-electron chi connectivity index (χ3n) is 3.50. The summed E-state index contributed by atoms with van der Waals surface area (Å²) in [6, 6.07) is 0. The molecule has 0 saturated heterocycles. The molecule has 0 aliphatic heterocycles. The van der Waals surface area contributed by atoms with E-state index in [0.29, 0.717) is 13.1 Å². The van der Waals surface area contributed by atoms with Crippen molar-refractivity contribution < 1.29 is 10.4 Å². The zero-order chi connectivity index (χ0) is 16.5. The van der Waals surface area contributed by atoms with Gasteiger partial charge in [-0.2, -0.15) is 0 Å². The zero-order valence-electron chi connectivity index (χ0n) is 14.3. The summed E-state index contributed by atoms with van der Waals surface area (Å²) < 4.78 is 0. The average Bonchev–Trinajstić information content (AvgIpc) is 2.54. The first-order chi connectivity index (χ1) is 10.8. The molecule has 130 valence electrons. The SMILES string of the molecule is CCCCCCCN=C(NO)C(=NCCCCCCC)NO. The first-order valence-electron chi connectivity index (χ1n) is 8.69. The topological polar surface area (TPSA) is 89.2 Å². The molecule has 6 nitrogen and oxygen atoms in total. The van der Waals surface area contributed by atoms with Crippen LogP contribution in [0.5, 0.6) is 0 Å². The molecule has 0 bridgehead atoms. The van der Waals surface area contributed by atoms with E-state index in [-0.39, 0.29) is 11.7 Å². The fraction of sp³-hybridized carbons (Fsp3) is 0.875. The van der Waals surface area contributed by atoms with E-state index in [1.165, 1.54) is 38.5 Å². The van der Waals surface area contributed by atoms with Gasteiger partial charge in [-0.3, -0.25) is 20.4 Å². The predicted octanol–water partition coefficient (Wildman–Crippen LogP) is 3.68. The van der Waals surface area contributed by atoms with E-state index in [1.54, 1.807) is 0 Å². The molecule has 0 rings (SSSR count). The maximum absolute atomic E-state index is 9.13. The molecule has 0 spiro atoms. The minimum atomic E-state index is 0.201. The molecule has 0 aliphatic rings. The number of unbranched alkanes of at least 4 members (excludes halogenated alkanes) is 8. The van der Waals surface area contributed by atoms with Crippen molar-refractivity contribution in [1.29, 1.82) is 0 Å². The predicted molar refractivity (Wildman–Crippen MR) is 92.0 cm³/mol. The van der Waals surface area contributed by atoms with E-state index in [2.05, 4.69) is 23.8 Å². The van der Waals surface area contributed by atoms with Gasteiger partial charge in [-0.05, 0) is 12.8 Å². The van der Waals surface area contributed by atoms with Crippen molar-refractivity contribution >= 4 is 11.7 Å². The average molecular weight is 314 g/mol. The molecule has 0 amide bonds. The molecule has 4 N–H and O–H groups in total. The van der Waals surface area contributed by atoms with Crippen molar-refractivity contribution in [2.75, 3.05) is 13.1 Å². The fourth-order valence-electron chi connectivity index (χ4n) is 2.14. The van der Waals surface area contributed by atoms with E-state index < -0.39 is 0 Å². The minimum absolute atomic E-state index is 0.201. The Morgan fingerprint density at radius 2 is 1.00 bits per heavy atom. The Bertz CT molecular complexity index is 277. The summed E-state index contributed by atoms with van der Waals surface area (Å²) in [5, 5.41) is 18.3. The molecule has 0 aliphatic carbocycles. The summed E-state index contributed by atoms with van der Waals surface area (Å²) in [5.41, 5.74) is 4.03. The summed E-state index contributed by atoms with van der Waals surface area (Å²) in [6.45, 7) is 5.60. The minimum Gasteiger partial charge on any atom is -0.290 e. The van der Waals surface area contributed by atoms with Gasteiger partial charge in [0, 0.05) is 13.1 Å². The van der Waals surface area contributed by atoms with Gasteiger partial charge >= 0.3 is 0 Å². The van der Waals surface area contributed by atoms with Crippen molar-refractivity contribution in [2.24, 2.45) is 9.98 Å². The van der Waals surface area contributed by atoms with Crippen molar-refractivity contribution in [1.82, 2.24) is 11.0 Å². The molecular weight excluding hydrogens is 280 g/mol. The van der Waals surface area contributed by atoms with Crippen molar-refractivity contribution in [3.63, 3.8) is 0 Å². The number of hydroxylamine groups is 2. The van der Waals surface area contributed by atoms with E-state index in [1.807, 2.05) is 11.0 Å². The second kappa shape index (κ2) is 16.2. The number of hydrogen-bond donors (Lipinski definition) is 4. The van der Waals surface area contributed by atoms with Gasteiger partial charge in [0.1, 0.15) is 0 Å². The highest BCUT2D eigenvalue weighted by molar-refractivity contribution is 6.39. The quantitative estimate of drug-likeness (QED) is 0.191. The highest BCUT2D eigenvalue weighted by Gasteiger charge is 2.06. The molecule has 0 aromatic rings. The maximum Gasteiger partial charge on any atom is 0.190 e. The van der Waals surface area contributed by atoms with Crippen LogP contribution in [0.3, 0.4) is 0 Å². The van der Waals surface area contributed by atoms with Gasteiger partial charge in [0.2, 0.25) is 0 Å². The Labute approximate surface area is 135 Å². The van der Waals surface area contributed by atoms with E-state index in [9.17, 15) is 0 Å². The Balaban J connectivity index is 4.10. The lowest BCUT2D eigenvalue weighted by atomic mass is 10.1. The fourth-order valence-corrected chi connectivity index (χ4v) is 2.14. The number of rotatable bonds is 12. The lowest BCUT2D eigenvalue weighted by molar-refractivity contribution is 0.223. The van der Waals surface area contributed by atoms with Gasteiger partial charge in [-0.15, -0.1) is 0 Å². The molecule has 0 atom stereocenters. The van der Waals surface area contributed by atoms with Crippen molar-refractivity contribution in [3.05, 3.63) is 0 Å². The van der Waals surface area contributed by atoms with Gasteiger partial charge in [0.05, 0.1) is 0 Å². The number of aliphatic imine (C=N–C) groups is 2. The number of nitrogens with zero attached hydrogens (tertiary/aromatic N) is 2. The lowest BCUT2D eigenvalue weighted by Crippen LogP contribution is -2.37. The molecule has 6 heteroatoms. The smallest absolute Gasteiger partial charge is 0.190 e. The van der Waals surface area contributed by atoms with Crippen LogP contribution < -0.4 is 11.0 Å². The molecule has 0 radical (unpaired) electrons. The van der Waals surface area contributed by atoms with Crippen LogP contribution >= 0.6 is 0 Å². The van der Waals surface area contributed by atoms with Crippen LogP contribution in [0.25, 0.3) is 0 Å². The second-order valence-corrected chi connectivity index (χ2v) is 5.51. The number of amidine groups is 2. The molecule has 0 aromatic heterocycles. The standard InChI is InChI=1S/C16H34N4O2/c1-3-5-7-9-11-13-17-15(19-21)16(20-22)18-14-12-10-8-6-4-2/h21-22H,3-14H2,1-2H3,(H,17,19)(H,18,20). The van der Waals surface area contributed by atoms with Crippen LogP contribution in [0.1, 0.15) is 78.1 Å². The van der Waals surface area contributed by atoms with E-state index >= 15 is 0 Å². The molecule has 0 unspecified atom stereocenters. The molecule has 0 aromatic carbocycles. The monoisotopic (exact) mass is 314 g/mol. The first kappa shape index (κ1) is 20.9. The molecule has 0 heterocycles. The lowest BCUT2D eigenvalue weighted by Gasteiger charge is -2.07. The summed E-state index contributed by atoms with van der Waals surface area (Å²) >= 11 is 0. The van der Waals surface area contributed by atoms with Crippen LogP contribution in [-0.4, -0.2) is 35.2 Å². The van der Waals surface area contributed by atoms with Crippen LogP contribution in [0, 0.1) is 0 Å². The largest absolute Gasteiger partial charge is 0.290 e. The Hall–Kier alpha value is -1.14. The second-order valence-electron chi connectivity index (χ2n) is 5.51. The van der Waals surface area contributed by atoms with Crippen LogP contribution in [0.4, 0.5) is 0 Å². The van der Waals surface area contributed by atoms with Crippen LogP contribution in [-0.2, 0) is 0 Å². The van der Waals surface area contributed by atoms with Gasteiger partial charge in [0.25, 0.3) is 0 Å². The van der Waals surface area contributed by atoms with Gasteiger partial charge < -0.3 is 0 Å². The van der Waals surface area contributed by atoms with Gasteiger partial charge in [-0.1, -0.05) is 65.2 Å². The normalized spacial score (nSPS) is 12.5. The summed E-state index contributed by atoms with van der Waals surface area (Å²) in [5.74, 6) is 0.401. The third kappa shape index (κ3) is 11.5. The summed E-state index contributed by atoms with van der Waals surface area (Å²) in [6.07, 6.45) is 11.6. The first-order valence-corrected chi connectivity index (χ1v) is 8.69. The molecule has 22 heavy (non-hydrogen) atoms. The van der Waals surface area contributed by atoms with E-state index in [4.69, 9.17) is 10.4 Å². The Morgan fingerprint density at radius 3 is 1.32 bits per heavy atom. The Morgan fingerprint density at radius 1 is 0.636 bits per heavy atom. The van der Waals surface area contributed by atoms with E-state index in [0.717, 1.165) is 25.7 Å². The summed E-state index contributed by atoms with van der Waals surface area (Å²) in [4.78, 5) is 8.48. The maximum atomic E-state index is 9.13.